The molecule has 0 aliphatic heterocycles. The second kappa shape index (κ2) is 9.22. The van der Waals surface area contributed by atoms with Crippen molar-refractivity contribution in [3.05, 3.63) is 29.8 Å². The summed E-state index contributed by atoms with van der Waals surface area (Å²) in [5.74, 6) is 0.385. The van der Waals surface area contributed by atoms with Gasteiger partial charge in [0.15, 0.2) is 5.82 Å². The Hall–Kier alpha value is -2.35. The summed E-state index contributed by atoms with van der Waals surface area (Å²) in [6.07, 6.45) is 0.988. The van der Waals surface area contributed by atoms with Gasteiger partial charge >= 0.3 is 0 Å². The summed E-state index contributed by atoms with van der Waals surface area (Å²) in [5.41, 5.74) is 2.21. The van der Waals surface area contributed by atoms with Gasteiger partial charge < -0.3 is 10.6 Å². The minimum atomic E-state index is -0.562. The summed E-state index contributed by atoms with van der Waals surface area (Å²) in [6, 6.07) is 7.54. The van der Waals surface area contributed by atoms with Crippen molar-refractivity contribution in [2.75, 3.05) is 12.3 Å². The third kappa shape index (κ3) is 5.60. The van der Waals surface area contributed by atoms with Crippen molar-refractivity contribution in [2.45, 2.75) is 38.4 Å². The van der Waals surface area contributed by atoms with E-state index in [2.05, 4.69) is 44.9 Å². The van der Waals surface area contributed by atoms with E-state index < -0.39 is 6.04 Å². The van der Waals surface area contributed by atoms with Gasteiger partial charge in [-0.25, -0.2) is 4.98 Å². The Morgan fingerprint density at radius 3 is 2.60 bits per heavy atom. The predicted octanol–water partition coefficient (Wildman–Crippen LogP) is 1.77. The molecule has 1 atom stereocenters. The summed E-state index contributed by atoms with van der Waals surface area (Å²) in [6.45, 7) is 6.13. The van der Waals surface area contributed by atoms with Crippen LogP contribution in [0.15, 0.2) is 29.4 Å². The molecule has 2 amide bonds. The monoisotopic (exact) mass is 361 g/mol. The van der Waals surface area contributed by atoms with Crippen LogP contribution in [-0.4, -0.2) is 45.3 Å². The average molecular weight is 361 g/mol. The number of amides is 2. The van der Waals surface area contributed by atoms with Crippen LogP contribution in [0.2, 0.25) is 0 Å². The molecule has 0 aliphatic carbocycles. The fourth-order valence-electron chi connectivity index (χ4n) is 2.14. The van der Waals surface area contributed by atoms with Gasteiger partial charge in [-0.2, -0.15) is 0 Å². The van der Waals surface area contributed by atoms with E-state index in [1.54, 1.807) is 6.92 Å². The number of aromatic amines is 1. The first-order valence-electron chi connectivity index (χ1n) is 8.25. The fraction of sp³-hybridized carbons (Fsp3) is 0.412. The molecule has 134 valence electrons. The number of nitrogens with zero attached hydrogens (tertiary/aromatic N) is 2. The number of hydrogen-bond acceptors (Lipinski definition) is 5. The number of hydrogen-bond donors (Lipinski definition) is 3. The lowest BCUT2D eigenvalue weighted by atomic mass is 10.1. The van der Waals surface area contributed by atoms with Crippen LogP contribution in [0.25, 0.3) is 11.4 Å². The molecule has 7 nitrogen and oxygen atoms in total. The molecule has 25 heavy (non-hydrogen) atoms. The zero-order chi connectivity index (χ0) is 18.2. The maximum atomic E-state index is 11.9. The molecule has 2 rings (SSSR count). The van der Waals surface area contributed by atoms with Gasteiger partial charge in [-0.1, -0.05) is 43.0 Å². The van der Waals surface area contributed by atoms with E-state index in [0.717, 1.165) is 12.0 Å². The molecular weight excluding hydrogens is 338 g/mol. The lowest BCUT2D eigenvalue weighted by Crippen LogP contribution is -2.45. The maximum absolute atomic E-state index is 11.9. The molecule has 0 unspecified atom stereocenters. The number of carbonyl (C=O) groups is 2. The van der Waals surface area contributed by atoms with Gasteiger partial charge in [0, 0.05) is 12.1 Å². The molecule has 0 radical (unpaired) electrons. The number of likely N-dealkylation sites (N-methyl/N-ethyl adjacent to an activating group) is 1. The van der Waals surface area contributed by atoms with Crippen LogP contribution >= 0.6 is 11.8 Å². The molecule has 1 aromatic heterocycles. The zero-order valence-electron chi connectivity index (χ0n) is 14.6. The highest BCUT2D eigenvalue weighted by molar-refractivity contribution is 7.99. The summed E-state index contributed by atoms with van der Waals surface area (Å²) >= 11 is 1.22. The maximum Gasteiger partial charge on any atom is 0.242 e. The Labute approximate surface area is 151 Å². The van der Waals surface area contributed by atoms with Crippen LogP contribution in [0.3, 0.4) is 0 Å². The first-order chi connectivity index (χ1) is 12.0. The van der Waals surface area contributed by atoms with Crippen LogP contribution in [-0.2, 0) is 16.0 Å². The van der Waals surface area contributed by atoms with Gasteiger partial charge in [0.2, 0.25) is 17.0 Å². The number of nitrogens with one attached hydrogen (secondary N) is 3. The molecule has 0 bridgehead atoms. The number of aromatic nitrogens is 3. The lowest BCUT2D eigenvalue weighted by Gasteiger charge is -2.12. The third-order valence-electron chi connectivity index (χ3n) is 3.55. The molecule has 0 fully saturated rings. The van der Waals surface area contributed by atoms with Gasteiger partial charge in [-0.3, -0.25) is 14.7 Å². The van der Waals surface area contributed by atoms with Crippen molar-refractivity contribution >= 4 is 23.6 Å². The Kier molecular flexibility index (Phi) is 7.00. The molecule has 0 aliphatic rings. The van der Waals surface area contributed by atoms with Crippen LogP contribution < -0.4 is 10.6 Å². The standard InChI is InChI=1S/C17H23N5O2S/c1-4-12-6-8-13(9-7-12)15-20-17(22-21-15)25-10-14(23)19-11(3)16(24)18-5-2/h6-9,11H,4-5,10H2,1-3H3,(H,18,24)(H,19,23)(H,20,21,22)/t11-/m0/s1. The van der Waals surface area contributed by atoms with Crippen LogP contribution in [0.5, 0.6) is 0 Å². The molecular formula is C17H23N5O2S. The van der Waals surface area contributed by atoms with E-state index >= 15 is 0 Å². The highest BCUT2D eigenvalue weighted by atomic mass is 32.2. The van der Waals surface area contributed by atoms with E-state index in [4.69, 9.17) is 0 Å². The smallest absolute Gasteiger partial charge is 0.242 e. The van der Waals surface area contributed by atoms with Crippen molar-refractivity contribution in [3.8, 4) is 11.4 Å². The van der Waals surface area contributed by atoms with Gasteiger partial charge in [0.1, 0.15) is 6.04 Å². The average Bonchev–Trinajstić information content (AvgIpc) is 3.09. The number of benzene rings is 1. The minimum Gasteiger partial charge on any atom is -0.355 e. The molecule has 0 spiro atoms. The minimum absolute atomic E-state index is 0.149. The lowest BCUT2D eigenvalue weighted by molar-refractivity contribution is -0.127. The molecule has 0 saturated carbocycles. The SMILES string of the molecule is CCNC(=O)[C@H](C)NC(=O)CSc1n[nH]c(-c2ccc(CC)cc2)n1. The highest BCUT2D eigenvalue weighted by Crippen LogP contribution is 2.19. The van der Waals surface area contributed by atoms with E-state index in [-0.39, 0.29) is 17.6 Å². The fourth-order valence-corrected chi connectivity index (χ4v) is 2.75. The molecule has 3 N–H and O–H groups in total. The molecule has 1 heterocycles. The quantitative estimate of drug-likeness (QED) is 0.622. The highest BCUT2D eigenvalue weighted by Gasteiger charge is 2.15. The first-order valence-corrected chi connectivity index (χ1v) is 9.23. The number of thioether (sulfide) groups is 1. The third-order valence-corrected chi connectivity index (χ3v) is 4.40. The van der Waals surface area contributed by atoms with E-state index in [0.29, 0.717) is 17.5 Å². The second-order valence-electron chi connectivity index (χ2n) is 5.49. The van der Waals surface area contributed by atoms with Crippen molar-refractivity contribution in [2.24, 2.45) is 0 Å². The normalized spacial score (nSPS) is 11.8. The zero-order valence-corrected chi connectivity index (χ0v) is 15.4. The Morgan fingerprint density at radius 2 is 1.96 bits per heavy atom. The summed E-state index contributed by atoms with van der Waals surface area (Å²) in [4.78, 5) is 27.9. The summed E-state index contributed by atoms with van der Waals surface area (Å²) in [5, 5.41) is 12.8. The topological polar surface area (TPSA) is 99.8 Å². The largest absolute Gasteiger partial charge is 0.355 e. The van der Waals surface area contributed by atoms with Gasteiger partial charge in [0.05, 0.1) is 5.75 Å². The number of aryl methyl sites for hydroxylation is 1. The number of carbonyl (C=O) groups excluding carboxylic acids is 2. The Bertz CT molecular complexity index is 714. The predicted molar refractivity (Wildman–Crippen MR) is 98.2 cm³/mol. The summed E-state index contributed by atoms with van der Waals surface area (Å²) in [7, 11) is 0. The van der Waals surface area contributed by atoms with Crippen molar-refractivity contribution in [1.29, 1.82) is 0 Å². The number of H-pyrrole nitrogens is 1. The van der Waals surface area contributed by atoms with Crippen molar-refractivity contribution in [1.82, 2.24) is 25.8 Å². The molecule has 1 aromatic carbocycles. The van der Waals surface area contributed by atoms with Gasteiger partial charge in [-0.15, -0.1) is 5.10 Å². The van der Waals surface area contributed by atoms with E-state index in [1.165, 1.54) is 17.3 Å². The second-order valence-corrected chi connectivity index (χ2v) is 6.43. The number of rotatable bonds is 8. The van der Waals surface area contributed by atoms with Gasteiger partial charge in [-0.05, 0) is 25.8 Å². The van der Waals surface area contributed by atoms with Crippen LogP contribution in [0, 0.1) is 0 Å². The Morgan fingerprint density at radius 1 is 1.24 bits per heavy atom. The summed E-state index contributed by atoms with van der Waals surface area (Å²) < 4.78 is 0. The van der Waals surface area contributed by atoms with Crippen molar-refractivity contribution in [3.63, 3.8) is 0 Å². The van der Waals surface area contributed by atoms with E-state index in [9.17, 15) is 9.59 Å². The Balaban J connectivity index is 1.86. The van der Waals surface area contributed by atoms with E-state index in [1.807, 2.05) is 19.1 Å². The molecule has 8 heteroatoms. The molecule has 2 aromatic rings. The van der Waals surface area contributed by atoms with Crippen LogP contribution in [0.1, 0.15) is 26.3 Å². The molecule has 0 saturated heterocycles. The van der Waals surface area contributed by atoms with Crippen molar-refractivity contribution < 1.29 is 9.59 Å². The van der Waals surface area contributed by atoms with Gasteiger partial charge in [0.25, 0.3) is 0 Å². The first kappa shape index (κ1) is 19.0. The van der Waals surface area contributed by atoms with Crippen LogP contribution in [0.4, 0.5) is 0 Å².